The predicted octanol–water partition coefficient (Wildman–Crippen LogP) is 7.20. The van der Waals surface area contributed by atoms with Gasteiger partial charge in [-0.25, -0.2) is 0 Å². The van der Waals surface area contributed by atoms with Crippen LogP contribution in [0.25, 0.3) is 0 Å². The van der Waals surface area contributed by atoms with Gasteiger partial charge in [0, 0.05) is 5.02 Å². The zero-order valence-electron chi connectivity index (χ0n) is 19.4. The van der Waals surface area contributed by atoms with Crippen LogP contribution in [0, 0.1) is 6.92 Å². The van der Waals surface area contributed by atoms with E-state index in [9.17, 15) is 9.59 Å². The number of carbonyl (C=O) groups is 2. The summed E-state index contributed by atoms with van der Waals surface area (Å²) in [4.78, 5) is 26.9. The van der Waals surface area contributed by atoms with Crippen molar-refractivity contribution in [3.8, 4) is 11.5 Å². The molecule has 0 radical (unpaired) electrons. The minimum atomic E-state index is -0.490. The van der Waals surface area contributed by atoms with Crippen molar-refractivity contribution >= 4 is 50.4 Å². The Bertz CT molecular complexity index is 1220. The zero-order chi connectivity index (χ0) is 24.9. The summed E-state index contributed by atoms with van der Waals surface area (Å²) in [5.41, 5.74) is 3.99. The van der Waals surface area contributed by atoms with Crippen LogP contribution in [0.3, 0.4) is 0 Å². The van der Waals surface area contributed by atoms with E-state index in [4.69, 9.17) is 21.1 Å². The lowest BCUT2D eigenvalue weighted by atomic mass is 10.1. The second-order valence-corrected chi connectivity index (χ2v) is 10.7. The highest BCUT2D eigenvalue weighted by atomic mass is 79.9. The van der Waals surface area contributed by atoms with Gasteiger partial charge in [0.05, 0.1) is 22.9 Å². The van der Waals surface area contributed by atoms with Crippen molar-refractivity contribution in [3.63, 3.8) is 0 Å². The third-order valence-electron chi connectivity index (χ3n) is 5.55. The van der Waals surface area contributed by atoms with E-state index in [-0.39, 0.29) is 17.7 Å². The van der Waals surface area contributed by atoms with Crippen molar-refractivity contribution in [1.29, 1.82) is 0 Å². The van der Waals surface area contributed by atoms with Gasteiger partial charge in [0.25, 0.3) is 5.24 Å². The molecule has 0 saturated carbocycles. The van der Waals surface area contributed by atoms with Gasteiger partial charge in [-0.05, 0) is 77.2 Å². The Morgan fingerprint density at radius 2 is 1.66 bits per heavy atom. The van der Waals surface area contributed by atoms with Crippen LogP contribution < -0.4 is 9.47 Å². The molecule has 0 N–H and O–H groups in total. The van der Waals surface area contributed by atoms with Gasteiger partial charge >= 0.3 is 0 Å². The Kier molecular flexibility index (Phi) is 8.42. The molecule has 5 nitrogen and oxygen atoms in total. The van der Waals surface area contributed by atoms with Gasteiger partial charge in [0.2, 0.25) is 5.91 Å². The number of ether oxygens (including phenoxy) is 2. The molecule has 3 aromatic rings. The van der Waals surface area contributed by atoms with Crippen molar-refractivity contribution in [2.45, 2.75) is 38.7 Å². The highest BCUT2D eigenvalue weighted by Gasteiger charge is 2.39. The van der Waals surface area contributed by atoms with E-state index in [1.165, 1.54) is 10.5 Å². The van der Waals surface area contributed by atoms with Crippen LogP contribution in [0.15, 0.2) is 65.1 Å². The molecule has 182 valence electrons. The standard InChI is InChI=1S/C27H25BrClNO4S/c1-3-33-23-13-20(12-22(28)25(23)34-16-19-6-4-17(2)5-7-19)14-24-26(31)30(27(32)35-24)15-18-8-10-21(29)11-9-18/h4-13,24H,3,14-16H2,1-2H3/t24-/m0/s1. The first-order chi connectivity index (χ1) is 16.8. The van der Waals surface area contributed by atoms with Crippen LogP contribution in [0.5, 0.6) is 11.5 Å². The number of halogens is 2. The molecule has 0 spiro atoms. The molecule has 1 aliphatic heterocycles. The Hall–Kier alpha value is -2.48. The summed E-state index contributed by atoms with van der Waals surface area (Å²) in [5, 5.41) is -0.116. The maximum absolute atomic E-state index is 13.0. The summed E-state index contributed by atoms with van der Waals surface area (Å²) < 4.78 is 12.7. The summed E-state index contributed by atoms with van der Waals surface area (Å²) in [7, 11) is 0. The van der Waals surface area contributed by atoms with E-state index in [2.05, 4.69) is 15.9 Å². The van der Waals surface area contributed by atoms with E-state index in [0.717, 1.165) is 32.9 Å². The lowest BCUT2D eigenvalue weighted by Crippen LogP contribution is -2.31. The lowest BCUT2D eigenvalue weighted by Gasteiger charge is -2.17. The maximum Gasteiger partial charge on any atom is 0.289 e. The number of benzene rings is 3. The molecule has 0 aliphatic carbocycles. The average molecular weight is 575 g/mol. The molecule has 1 fully saturated rings. The first kappa shape index (κ1) is 25.6. The molecule has 3 aromatic carbocycles. The number of rotatable bonds is 9. The van der Waals surface area contributed by atoms with E-state index in [1.807, 2.05) is 62.4 Å². The molecule has 0 aromatic heterocycles. The summed E-state index contributed by atoms with van der Waals surface area (Å²) in [6, 6.07) is 19.1. The number of carbonyl (C=O) groups excluding carboxylic acids is 2. The van der Waals surface area contributed by atoms with E-state index < -0.39 is 5.25 Å². The third kappa shape index (κ3) is 6.40. The Balaban J connectivity index is 1.47. The normalized spacial score (nSPS) is 15.5. The van der Waals surface area contributed by atoms with Gasteiger partial charge in [-0.1, -0.05) is 65.3 Å². The van der Waals surface area contributed by atoms with Crippen molar-refractivity contribution in [2.75, 3.05) is 6.61 Å². The Morgan fingerprint density at radius 3 is 2.34 bits per heavy atom. The molecule has 1 aliphatic rings. The van der Waals surface area contributed by atoms with Gasteiger partial charge < -0.3 is 9.47 Å². The molecule has 2 amide bonds. The smallest absolute Gasteiger partial charge is 0.289 e. The van der Waals surface area contributed by atoms with Crippen LogP contribution in [-0.2, 0) is 24.4 Å². The van der Waals surface area contributed by atoms with Crippen molar-refractivity contribution < 1.29 is 19.1 Å². The second kappa shape index (κ2) is 11.5. The number of hydrogen-bond acceptors (Lipinski definition) is 5. The Morgan fingerprint density at radius 1 is 0.971 bits per heavy atom. The number of hydrogen-bond donors (Lipinski definition) is 0. The van der Waals surface area contributed by atoms with Gasteiger partial charge in [-0.3, -0.25) is 14.5 Å². The largest absolute Gasteiger partial charge is 0.490 e. The molecule has 0 unspecified atom stereocenters. The first-order valence-corrected chi connectivity index (χ1v) is 13.3. The molecule has 1 atom stereocenters. The first-order valence-electron chi connectivity index (χ1n) is 11.2. The average Bonchev–Trinajstić information content (AvgIpc) is 3.08. The minimum Gasteiger partial charge on any atom is -0.490 e. The third-order valence-corrected chi connectivity index (χ3v) is 7.47. The monoisotopic (exact) mass is 573 g/mol. The van der Waals surface area contributed by atoms with Crippen LogP contribution in [0.1, 0.15) is 29.2 Å². The van der Waals surface area contributed by atoms with Gasteiger partial charge in [0.1, 0.15) is 6.61 Å². The highest BCUT2D eigenvalue weighted by molar-refractivity contribution is 9.10. The quantitative estimate of drug-likeness (QED) is 0.271. The van der Waals surface area contributed by atoms with E-state index in [0.29, 0.717) is 36.2 Å². The number of imide groups is 1. The summed E-state index contributed by atoms with van der Waals surface area (Å²) in [5.74, 6) is 1.02. The summed E-state index contributed by atoms with van der Waals surface area (Å²) in [6.45, 7) is 5.07. The van der Waals surface area contributed by atoms with Crippen molar-refractivity contribution in [3.05, 3.63) is 92.4 Å². The van der Waals surface area contributed by atoms with Crippen LogP contribution >= 0.6 is 39.3 Å². The Labute approximate surface area is 222 Å². The van der Waals surface area contributed by atoms with Crippen LogP contribution in [0.2, 0.25) is 5.02 Å². The predicted molar refractivity (Wildman–Crippen MR) is 143 cm³/mol. The van der Waals surface area contributed by atoms with Crippen LogP contribution in [-0.4, -0.2) is 27.9 Å². The number of thioether (sulfide) groups is 1. The number of aryl methyl sites for hydroxylation is 1. The molecule has 35 heavy (non-hydrogen) atoms. The van der Waals surface area contributed by atoms with Gasteiger partial charge in [-0.15, -0.1) is 0 Å². The molecule has 1 saturated heterocycles. The van der Waals surface area contributed by atoms with E-state index >= 15 is 0 Å². The maximum atomic E-state index is 13.0. The molecular formula is C27H25BrClNO4S. The molecular weight excluding hydrogens is 550 g/mol. The topological polar surface area (TPSA) is 55.8 Å². The number of amides is 2. The molecule has 4 rings (SSSR count). The second-order valence-electron chi connectivity index (χ2n) is 8.24. The van der Waals surface area contributed by atoms with E-state index in [1.54, 1.807) is 12.1 Å². The highest BCUT2D eigenvalue weighted by Crippen LogP contribution is 2.39. The van der Waals surface area contributed by atoms with Crippen molar-refractivity contribution in [2.24, 2.45) is 0 Å². The molecule has 0 bridgehead atoms. The zero-order valence-corrected chi connectivity index (χ0v) is 22.6. The summed E-state index contributed by atoms with van der Waals surface area (Å²) >= 11 is 10.6. The summed E-state index contributed by atoms with van der Waals surface area (Å²) in [6.07, 6.45) is 0.406. The van der Waals surface area contributed by atoms with Crippen molar-refractivity contribution in [1.82, 2.24) is 4.90 Å². The minimum absolute atomic E-state index is 0.191. The lowest BCUT2D eigenvalue weighted by molar-refractivity contribution is -0.127. The molecule has 1 heterocycles. The van der Waals surface area contributed by atoms with Crippen LogP contribution in [0.4, 0.5) is 4.79 Å². The fourth-order valence-electron chi connectivity index (χ4n) is 3.74. The number of nitrogens with zero attached hydrogens (tertiary/aromatic N) is 1. The SMILES string of the molecule is CCOc1cc(C[C@@H]2SC(=O)N(Cc3ccc(Cl)cc3)C2=O)cc(Br)c1OCc1ccc(C)cc1. The van der Waals surface area contributed by atoms with Gasteiger partial charge in [-0.2, -0.15) is 0 Å². The fourth-order valence-corrected chi connectivity index (χ4v) is 5.50. The fraction of sp³-hybridized carbons (Fsp3) is 0.259. The van der Waals surface area contributed by atoms with Gasteiger partial charge in [0.15, 0.2) is 11.5 Å². The molecule has 8 heteroatoms.